The van der Waals surface area contributed by atoms with Gasteiger partial charge in [-0.3, -0.25) is 0 Å². The van der Waals surface area contributed by atoms with Crippen molar-refractivity contribution in [1.29, 1.82) is 0 Å². The first kappa shape index (κ1) is 13.2. The molecule has 1 N–H and O–H groups in total. The summed E-state index contributed by atoms with van der Waals surface area (Å²) in [7, 11) is 3.33. The van der Waals surface area contributed by atoms with Crippen LogP contribution in [0.4, 0.5) is 0 Å². The maximum Gasteiger partial charge on any atom is 0.163 e. The van der Waals surface area contributed by atoms with Gasteiger partial charge in [0, 0.05) is 13.1 Å². The number of rotatable bonds is 3. The van der Waals surface area contributed by atoms with Crippen molar-refractivity contribution in [1.82, 2.24) is 5.32 Å². The highest BCUT2D eigenvalue weighted by Crippen LogP contribution is 2.38. The van der Waals surface area contributed by atoms with E-state index in [1.165, 1.54) is 11.1 Å². The van der Waals surface area contributed by atoms with E-state index in [4.69, 9.17) is 14.2 Å². The molecule has 1 aromatic carbocycles. The molecule has 1 atom stereocenters. The van der Waals surface area contributed by atoms with Crippen LogP contribution in [0.3, 0.4) is 0 Å². The Morgan fingerprint density at radius 3 is 2.56 bits per heavy atom. The molecule has 0 radical (unpaired) electrons. The molecule has 0 bridgehead atoms. The summed E-state index contributed by atoms with van der Waals surface area (Å²) in [6, 6.07) is 2.03. The number of nitrogens with one attached hydrogen (secondary N) is 1. The zero-order valence-corrected chi connectivity index (χ0v) is 11.5. The molecule has 0 amide bonds. The van der Waals surface area contributed by atoms with Crippen molar-refractivity contribution in [3.63, 3.8) is 0 Å². The number of hydrogen-bond acceptors (Lipinski definition) is 4. The second kappa shape index (κ2) is 5.59. The lowest BCUT2D eigenvalue weighted by Gasteiger charge is -2.27. The van der Waals surface area contributed by atoms with Crippen LogP contribution in [0.25, 0.3) is 0 Å². The van der Waals surface area contributed by atoms with Crippen LogP contribution < -0.4 is 14.8 Å². The first-order valence-corrected chi connectivity index (χ1v) is 6.23. The lowest BCUT2D eigenvalue weighted by atomic mass is 9.97. The molecule has 100 valence electrons. The van der Waals surface area contributed by atoms with Crippen LogP contribution in [0.5, 0.6) is 11.5 Å². The fourth-order valence-corrected chi connectivity index (χ4v) is 2.39. The SMILES string of the molecule is COc1cc(C2CNCCO2)c(C)c(C)c1OC. The molecule has 1 unspecified atom stereocenters. The quantitative estimate of drug-likeness (QED) is 0.891. The smallest absolute Gasteiger partial charge is 0.163 e. The summed E-state index contributed by atoms with van der Waals surface area (Å²) >= 11 is 0. The summed E-state index contributed by atoms with van der Waals surface area (Å²) in [5, 5.41) is 3.35. The molecule has 4 nitrogen and oxygen atoms in total. The molecule has 1 aromatic rings. The van der Waals surface area contributed by atoms with E-state index in [1.54, 1.807) is 14.2 Å². The van der Waals surface area contributed by atoms with Crippen molar-refractivity contribution in [3.8, 4) is 11.5 Å². The third kappa shape index (κ3) is 2.31. The van der Waals surface area contributed by atoms with Gasteiger partial charge >= 0.3 is 0 Å². The average molecular weight is 251 g/mol. The van der Waals surface area contributed by atoms with Crippen molar-refractivity contribution >= 4 is 0 Å². The fraction of sp³-hybridized carbons (Fsp3) is 0.571. The summed E-state index contributed by atoms with van der Waals surface area (Å²) in [5.74, 6) is 1.58. The molecule has 0 saturated carbocycles. The molecule has 18 heavy (non-hydrogen) atoms. The predicted molar refractivity (Wildman–Crippen MR) is 70.6 cm³/mol. The van der Waals surface area contributed by atoms with Crippen LogP contribution in [0, 0.1) is 13.8 Å². The minimum absolute atomic E-state index is 0.0947. The van der Waals surface area contributed by atoms with Gasteiger partial charge in [0.2, 0.25) is 0 Å². The zero-order chi connectivity index (χ0) is 13.1. The summed E-state index contributed by atoms with van der Waals surface area (Å²) < 4.78 is 16.6. The van der Waals surface area contributed by atoms with Gasteiger partial charge in [-0.15, -0.1) is 0 Å². The molecule has 1 aliphatic heterocycles. The lowest BCUT2D eigenvalue weighted by molar-refractivity contribution is 0.0271. The van der Waals surface area contributed by atoms with E-state index >= 15 is 0 Å². The highest BCUT2D eigenvalue weighted by atomic mass is 16.5. The Labute approximate surface area is 108 Å². The molecule has 0 spiro atoms. The molecule has 1 aliphatic rings. The van der Waals surface area contributed by atoms with Crippen molar-refractivity contribution < 1.29 is 14.2 Å². The Balaban J connectivity index is 2.44. The Morgan fingerprint density at radius 1 is 1.22 bits per heavy atom. The fourth-order valence-electron chi connectivity index (χ4n) is 2.39. The molecule has 2 rings (SSSR count). The molecule has 4 heteroatoms. The van der Waals surface area contributed by atoms with Crippen molar-refractivity contribution in [2.45, 2.75) is 20.0 Å². The van der Waals surface area contributed by atoms with Crippen LogP contribution in [0.1, 0.15) is 22.8 Å². The molecular weight excluding hydrogens is 230 g/mol. The molecule has 0 aromatic heterocycles. The minimum Gasteiger partial charge on any atom is -0.493 e. The first-order valence-electron chi connectivity index (χ1n) is 6.23. The molecule has 0 aliphatic carbocycles. The van der Waals surface area contributed by atoms with E-state index in [1.807, 2.05) is 6.07 Å². The Kier molecular flexibility index (Phi) is 4.09. The van der Waals surface area contributed by atoms with Crippen LogP contribution in [-0.2, 0) is 4.74 Å². The lowest BCUT2D eigenvalue weighted by Crippen LogP contribution is -2.33. The number of ether oxygens (including phenoxy) is 3. The third-order valence-electron chi connectivity index (χ3n) is 3.55. The Hall–Kier alpha value is -1.26. The van der Waals surface area contributed by atoms with Gasteiger partial charge in [0.25, 0.3) is 0 Å². The number of morpholine rings is 1. The third-order valence-corrected chi connectivity index (χ3v) is 3.55. The van der Waals surface area contributed by atoms with Crippen LogP contribution in [-0.4, -0.2) is 33.9 Å². The largest absolute Gasteiger partial charge is 0.493 e. The van der Waals surface area contributed by atoms with Gasteiger partial charge in [0.15, 0.2) is 11.5 Å². The van der Waals surface area contributed by atoms with Gasteiger partial charge in [-0.25, -0.2) is 0 Å². The summed E-state index contributed by atoms with van der Waals surface area (Å²) in [6.07, 6.45) is 0.0947. The topological polar surface area (TPSA) is 39.7 Å². The highest BCUT2D eigenvalue weighted by Gasteiger charge is 2.22. The normalized spacial score (nSPS) is 19.7. The molecule has 1 saturated heterocycles. The second-order valence-corrected chi connectivity index (χ2v) is 4.51. The Bertz CT molecular complexity index is 426. The monoisotopic (exact) mass is 251 g/mol. The van der Waals surface area contributed by atoms with Crippen molar-refractivity contribution in [2.24, 2.45) is 0 Å². The average Bonchev–Trinajstić information content (AvgIpc) is 2.42. The van der Waals surface area contributed by atoms with E-state index in [2.05, 4.69) is 19.2 Å². The first-order chi connectivity index (χ1) is 8.69. The van der Waals surface area contributed by atoms with Gasteiger partial charge in [0.05, 0.1) is 26.9 Å². The maximum atomic E-state index is 5.81. The molecule has 1 fully saturated rings. The summed E-state index contributed by atoms with van der Waals surface area (Å²) in [6.45, 7) is 6.66. The van der Waals surface area contributed by atoms with Gasteiger partial charge < -0.3 is 19.5 Å². The Morgan fingerprint density at radius 2 is 2.00 bits per heavy atom. The van der Waals surface area contributed by atoms with Crippen molar-refractivity contribution in [3.05, 3.63) is 22.8 Å². The van der Waals surface area contributed by atoms with Crippen LogP contribution in [0.15, 0.2) is 6.07 Å². The van der Waals surface area contributed by atoms with E-state index in [-0.39, 0.29) is 6.10 Å². The predicted octanol–water partition coefficient (Wildman–Crippen LogP) is 1.98. The van der Waals surface area contributed by atoms with Crippen molar-refractivity contribution in [2.75, 3.05) is 33.9 Å². The van der Waals surface area contributed by atoms with E-state index < -0.39 is 0 Å². The number of benzene rings is 1. The number of methoxy groups -OCH3 is 2. The van der Waals surface area contributed by atoms with Gasteiger partial charge in [-0.05, 0) is 36.6 Å². The maximum absolute atomic E-state index is 5.81. The second-order valence-electron chi connectivity index (χ2n) is 4.51. The number of hydrogen-bond donors (Lipinski definition) is 1. The van der Waals surface area contributed by atoms with E-state index in [9.17, 15) is 0 Å². The molecule has 1 heterocycles. The standard InChI is InChI=1S/C14H21NO3/c1-9-10(2)14(17-4)12(16-3)7-11(9)13-8-15-5-6-18-13/h7,13,15H,5-6,8H2,1-4H3. The van der Waals surface area contributed by atoms with E-state index in [0.717, 1.165) is 36.8 Å². The van der Waals surface area contributed by atoms with Gasteiger partial charge in [-0.2, -0.15) is 0 Å². The molecular formula is C14H21NO3. The van der Waals surface area contributed by atoms with E-state index in [0.29, 0.717) is 0 Å². The van der Waals surface area contributed by atoms with Gasteiger partial charge in [-0.1, -0.05) is 0 Å². The summed E-state index contributed by atoms with van der Waals surface area (Å²) in [4.78, 5) is 0. The highest BCUT2D eigenvalue weighted by molar-refractivity contribution is 5.54. The van der Waals surface area contributed by atoms with Gasteiger partial charge in [0.1, 0.15) is 0 Å². The summed E-state index contributed by atoms with van der Waals surface area (Å²) in [5.41, 5.74) is 3.50. The van der Waals surface area contributed by atoms with Crippen LogP contribution >= 0.6 is 0 Å². The minimum atomic E-state index is 0.0947. The van der Waals surface area contributed by atoms with Crippen LogP contribution in [0.2, 0.25) is 0 Å². The zero-order valence-electron chi connectivity index (χ0n) is 11.5.